The van der Waals surface area contributed by atoms with Gasteiger partial charge in [-0.3, -0.25) is 0 Å². The Kier molecular flexibility index (Phi) is 5.69. The Morgan fingerprint density at radius 1 is 0.913 bits per heavy atom. The molecule has 23 heavy (non-hydrogen) atoms. The van der Waals surface area contributed by atoms with Crippen LogP contribution in [0.5, 0.6) is 0 Å². The molecular weight excluding hydrogens is 304 g/mol. The topological polar surface area (TPSA) is 24.9 Å². The van der Waals surface area contributed by atoms with Gasteiger partial charge in [-0.2, -0.15) is 0 Å². The molecule has 0 aliphatic carbocycles. The van der Waals surface area contributed by atoms with Crippen LogP contribution in [-0.2, 0) is 0 Å². The monoisotopic (exact) mass is 330 g/mol. The van der Waals surface area contributed by atoms with Crippen molar-refractivity contribution >= 4 is 23.0 Å². The fraction of sp³-hybridized carbons (Fsp3) is 0.450. The van der Waals surface area contributed by atoms with Crippen molar-refractivity contribution in [3.63, 3.8) is 0 Å². The summed E-state index contributed by atoms with van der Waals surface area (Å²) in [4.78, 5) is 4.17. The Labute approximate surface area is 145 Å². The van der Waals surface area contributed by atoms with Gasteiger partial charge in [0.15, 0.2) is 5.15 Å². The first kappa shape index (κ1) is 17.8. The van der Waals surface area contributed by atoms with E-state index < -0.39 is 0 Å². The minimum absolute atomic E-state index is 0.434. The van der Waals surface area contributed by atoms with Crippen LogP contribution in [0.3, 0.4) is 0 Å². The molecular formula is C20H27ClN2. The maximum Gasteiger partial charge on any atom is 0.152 e. The second-order valence-corrected chi connectivity index (χ2v) is 7.36. The van der Waals surface area contributed by atoms with E-state index in [9.17, 15) is 0 Å². The summed E-state index contributed by atoms with van der Waals surface area (Å²) >= 11 is 6.25. The van der Waals surface area contributed by atoms with Gasteiger partial charge < -0.3 is 5.32 Å². The maximum atomic E-state index is 6.25. The standard InChI is InChI=1S/C20H27ClN2/c1-12(2)15-10-16(13(3)4)19(17(11-15)14(5)6)23-18-8-7-9-22-20(18)21/h7-14,23H,1-6H3. The van der Waals surface area contributed by atoms with E-state index in [0.717, 1.165) is 5.69 Å². The van der Waals surface area contributed by atoms with Crippen LogP contribution >= 0.6 is 11.6 Å². The van der Waals surface area contributed by atoms with Crippen LogP contribution < -0.4 is 5.32 Å². The number of hydrogen-bond donors (Lipinski definition) is 1. The molecule has 1 aromatic heterocycles. The van der Waals surface area contributed by atoms with E-state index in [0.29, 0.717) is 22.9 Å². The van der Waals surface area contributed by atoms with Crippen molar-refractivity contribution in [3.8, 4) is 0 Å². The highest BCUT2D eigenvalue weighted by Gasteiger charge is 2.18. The molecule has 0 aliphatic rings. The normalized spacial score (nSPS) is 11.6. The maximum absolute atomic E-state index is 6.25. The van der Waals surface area contributed by atoms with E-state index in [-0.39, 0.29) is 0 Å². The van der Waals surface area contributed by atoms with Gasteiger partial charge in [0.2, 0.25) is 0 Å². The van der Waals surface area contributed by atoms with Gasteiger partial charge in [-0.1, -0.05) is 65.3 Å². The number of nitrogens with one attached hydrogen (secondary N) is 1. The summed E-state index contributed by atoms with van der Waals surface area (Å²) in [5.74, 6) is 1.38. The predicted octanol–water partition coefficient (Wildman–Crippen LogP) is 6.85. The minimum Gasteiger partial charge on any atom is -0.353 e. The zero-order valence-electron chi connectivity index (χ0n) is 14.9. The van der Waals surface area contributed by atoms with Gasteiger partial charge in [-0.05, 0) is 46.6 Å². The number of hydrogen-bond acceptors (Lipinski definition) is 2. The molecule has 2 nitrogen and oxygen atoms in total. The molecule has 1 N–H and O–H groups in total. The summed E-state index contributed by atoms with van der Waals surface area (Å²) in [5, 5.41) is 4.05. The van der Waals surface area contributed by atoms with E-state index in [1.807, 2.05) is 12.1 Å². The van der Waals surface area contributed by atoms with Crippen molar-refractivity contribution in [2.24, 2.45) is 0 Å². The Bertz CT molecular complexity index is 646. The molecule has 1 heterocycles. The molecule has 0 amide bonds. The average molecular weight is 331 g/mol. The van der Waals surface area contributed by atoms with Crippen LogP contribution in [-0.4, -0.2) is 4.98 Å². The summed E-state index contributed by atoms with van der Waals surface area (Å²) in [7, 11) is 0. The Balaban J connectivity index is 2.62. The zero-order valence-corrected chi connectivity index (χ0v) is 15.7. The Morgan fingerprint density at radius 2 is 1.48 bits per heavy atom. The average Bonchev–Trinajstić information content (AvgIpc) is 2.48. The lowest BCUT2D eigenvalue weighted by Gasteiger charge is -2.24. The Hall–Kier alpha value is -1.54. The summed E-state index contributed by atoms with van der Waals surface area (Å²) in [6.07, 6.45) is 1.71. The fourth-order valence-corrected chi connectivity index (χ4v) is 2.88. The minimum atomic E-state index is 0.434. The molecule has 124 valence electrons. The predicted molar refractivity (Wildman–Crippen MR) is 101 cm³/mol. The van der Waals surface area contributed by atoms with Crippen molar-refractivity contribution in [1.29, 1.82) is 0 Å². The number of benzene rings is 1. The summed E-state index contributed by atoms with van der Waals surface area (Å²) in [6, 6.07) is 8.53. The Morgan fingerprint density at radius 3 is 1.91 bits per heavy atom. The van der Waals surface area contributed by atoms with Crippen LogP contribution in [0.25, 0.3) is 0 Å². The molecule has 0 unspecified atom stereocenters. The first-order chi connectivity index (χ1) is 10.8. The molecule has 1 aromatic carbocycles. The first-order valence-electron chi connectivity index (χ1n) is 8.36. The van der Waals surface area contributed by atoms with E-state index >= 15 is 0 Å². The molecule has 0 fully saturated rings. The van der Waals surface area contributed by atoms with Gasteiger partial charge in [-0.25, -0.2) is 4.98 Å². The highest BCUT2D eigenvalue weighted by atomic mass is 35.5. The van der Waals surface area contributed by atoms with Crippen LogP contribution in [0.15, 0.2) is 30.5 Å². The molecule has 2 aromatic rings. The van der Waals surface area contributed by atoms with Crippen molar-refractivity contribution < 1.29 is 0 Å². The number of pyridine rings is 1. The second kappa shape index (κ2) is 7.35. The zero-order chi connectivity index (χ0) is 17.1. The van der Waals surface area contributed by atoms with Gasteiger partial charge in [0.25, 0.3) is 0 Å². The number of nitrogens with zero attached hydrogens (tertiary/aromatic N) is 1. The lowest BCUT2D eigenvalue weighted by atomic mass is 9.87. The van der Waals surface area contributed by atoms with Crippen molar-refractivity contribution in [3.05, 3.63) is 52.3 Å². The number of aromatic nitrogens is 1. The molecule has 2 rings (SSSR count). The third kappa shape index (κ3) is 4.06. The van der Waals surface area contributed by atoms with E-state index in [1.165, 1.54) is 22.4 Å². The summed E-state index contributed by atoms with van der Waals surface area (Å²) < 4.78 is 0. The first-order valence-corrected chi connectivity index (χ1v) is 8.74. The van der Waals surface area contributed by atoms with Crippen LogP contribution in [0, 0.1) is 0 Å². The van der Waals surface area contributed by atoms with Crippen LogP contribution in [0.1, 0.15) is 76.0 Å². The molecule has 0 radical (unpaired) electrons. The number of halogens is 1. The van der Waals surface area contributed by atoms with E-state index in [4.69, 9.17) is 11.6 Å². The van der Waals surface area contributed by atoms with Gasteiger partial charge >= 0.3 is 0 Å². The molecule has 0 atom stereocenters. The lowest BCUT2D eigenvalue weighted by molar-refractivity contribution is 0.808. The van der Waals surface area contributed by atoms with Gasteiger partial charge in [0.05, 0.1) is 5.69 Å². The van der Waals surface area contributed by atoms with E-state index in [1.54, 1.807) is 6.20 Å². The van der Waals surface area contributed by atoms with Gasteiger partial charge in [0, 0.05) is 11.9 Å². The third-order valence-corrected chi connectivity index (χ3v) is 4.45. The lowest BCUT2D eigenvalue weighted by Crippen LogP contribution is -2.06. The summed E-state index contributed by atoms with van der Waals surface area (Å²) in [5.41, 5.74) is 6.09. The third-order valence-electron chi connectivity index (χ3n) is 4.15. The van der Waals surface area contributed by atoms with Crippen LogP contribution in [0.4, 0.5) is 11.4 Å². The van der Waals surface area contributed by atoms with Crippen molar-refractivity contribution in [1.82, 2.24) is 4.98 Å². The fourth-order valence-electron chi connectivity index (χ4n) is 2.71. The quantitative estimate of drug-likeness (QED) is 0.606. The van der Waals surface area contributed by atoms with Gasteiger partial charge in [0.1, 0.15) is 0 Å². The van der Waals surface area contributed by atoms with Crippen molar-refractivity contribution in [2.45, 2.75) is 59.3 Å². The molecule has 0 aliphatic heterocycles. The number of anilines is 2. The van der Waals surface area contributed by atoms with Crippen molar-refractivity contribution in [2.75, 3.05) is 5.32 Å². The SMILES string of the molecule is CC(C)c1cc(C(C)C)c(Nc2cccnc2Cl)c(C(C)C)c1. The number of rotatable bonds is 5. The van der Waals surface area contributed by atoms with E-state index in [2.05, 4.69) is 64.0 Å². The molecule has 0 saturated carbocycles. The van der Waals surface area contributed by atoms with Crippen LogP contribution in [0.2, 0.25) is 5.15 Å². The summed E-state index contributed by atoms with van der Waals surface area (Å²) in [6.45, 7) is 13.4. The smallest absolute Gasteiger partial charge is 0.152 e. The molecule has 0 saturated heterocycles. The van der Waals surface area contributed by atoms with Gasteiger partial charge in [-0.15, -0.1) is 0 Å². The highest BCUT2D eigenvalue weighted by molar-refractivity contribution is 6.32. The molecule has 3 heteroatoms. The highest BCUT2D eigenvalue weighted by Crippen LogP contribution is 2.38. The second-order valence-electron chi connectivity index (χ2n) is 7.01. The molecule has 0 spiro atoms. The largest absolute Gasteiger partial charge is 0.353 e. The molecule has 0 bridgehead atoms.